The Morgan fingerprint density at radius 2 is 2.14 bits per heavy atom. The zero-order valence-electron chi connectivity index (χ0n) is 13.7. The number of carbonyl (C=O) groups excluding carboxylic acids is 1. The molecule has 6 heteroatoms. The Balaban J connectivity index is 1.82. The van der Waals surface area contributed by atoms with E-state index in [1.54, 1.807) is 7.11 Å². The summed E-state index contributed by atoms with van der Waals surface area (Å²) in [6, 6.07) is 2.04. The summed E-state index contributed by atoms with van der Waals surface area (Å²) in [7, 11) is 1.68. The number of aromatic nitrogens is 1. The van der Waals surface area contributed by atoms with Gasteiger partial charge in [0.15, 0.2) is 0 Å². The van der Waals surface area contributed by atoms with Crippen molar-refractivity contribution in [3.8, 4) is 0 Å². The lowest BCUT2D eigenvalue weighted by Crippen LogP contribution is -2.52. The number of pyridine rings is 1. The van der Waals surface area contributed by atoms with Gasteiger partial charge in [-0.2, -0.15) is 0 Å². The molecule has 0 spiro atoms. The monoisotopic (exact) mass is 306 g/mol. The van der Waals surface area contributed by atoms with Crippen molar-refractivity contribution < 1.29 is 9.53 Å². The Hall–Kier alpha value is -1.82. The van der Waals surface area contributed by atoms with Gasteiger partial charge in [0.05, 0.1) is 6.10 Å². The van der Waals surface area contributed by atoms with E-state index in [-0.39, 0.29) is 12.1 Å². The SMILES string of the molecule is CC[C@@H](CNC(=O)N1CCN(c2ccncc2C)CC1)OC. The van der Waals surface area contributed by atoms with Gasteiger partial charge in [-0.3, -0.25) is 4.98 Å². The van der Waals surface area contributed by atoms with Gasteiger partial charge in [-0.15, -0.1) is 0 Å². The molecular formula is C16H26N4O2. The Labute approximate surface area is 132 Å². The van der Waals surface area contributed by atoms with Crippen LogP contribution in [0.25, 0.3) is 0 Å². The molecule has 0 radical (unpaired) electrons. The number of carbonyl (C=O) groups is 1. The summed E-state index contributed by atoms with van der Waals surface area (Å²) >= 11 is 0. The van der Waals surface area contributed by atoms with Gasteiger partial charge < -0.3 is 19.9 Å². The van der Waals surface area contributed by atoms with Crippen LogP contribution in [0.5, 0.6) is 0 Å². The molecule has 1 aliphatic heterocycles. The van der Waals surface area contributed by atoms with Gasteiger partial charge in [-0.05, 0) is 25.0 Å². The number of hydrogen-bond acceptors (Lipinski definition) is 4. The van der Waals surface area contributed by atoms with Crippen molar-refractivity contribution in [3.05, 3.63) is 24.0 Å². The highest BCUT2D eigenvalue weighted by atomic mass is 16.5. The van der Waals surface area contributed by atoms with Crippen molar-refractivity contribution in [1.29, 1.82) is 0 Å². The highest BCUT2D eigenvalue weighted by Crippen LogP contribution is 2.19. The maximum atomic E-state index is 12.2. The third-order valence-corrected chi connectivity index (χ3v) is 4.17. The number of methoxy groups -OCH3 is 1. The molecule has 1 aromatic heterocycles. The molecule has 1 atom stereocenters. The minimum absolute atomic E-state index is 0.00148. The number of amides is 2. The Kier molecular flexibility index (Phi) is 6.00. The summed E-state index contributed by atoms with van der Waals surface area (Å²) in [6.07, 6.45) is 4.68. The topological polar surface area (TPSA) is 57.7 Å². The van der Waals surface area contributed by atoms with Crippen molar-refractivity contribution in [2.45, 2.75) is 26.4 Å². The molecule has 2 heterocycles. The number of urea groups is 1. The van der Waals surface area contributed by atoms with Gasteiger partial charge in [0.25, 0.3) is 0 Å². The molecule has 2 amide bonds. The van der Waals surface area contributed by atoms with Crippen LogP contribution in [0.2, 0.25) is 0 Å². The minimum atomic E-state index is 0.00148. The maximum Gasteiger partial charge on any atom is 0.317 e. The van der Waals surface area contributed by atoms with Crippen molar-refractivity contribution >= 4 is 11.7 Å². The summed E-state index contributed by atoms with van der Waals surface area (Å²) in [5.41, 5.74) is 2.38. The van der Waals surface area contributed by atoms with Gasteiger partial charge >= 0.3 is 6.03 Å². The van der Waals surface area contributed by atoms with Gasteiger partial charge in [-0.1, -0.05) is 6.92 Å². The molecule has 22 heavy (non-hydrogen) atoms. The van der Waals surface area contributed by atoms with E-state index in [0.29, 0.717) is 6.54 Å². The van der Waals surface area contributed by atoms with E-state index in [0.717, 1.165) is 32.6 Å². The van der Waals surface area contributed by atoms with Crippen molar-refractivity contribution in [3.63, 3.8) is 0 Å². The number of ether oxygens (including phenoxy) is 1. The minimum Gasteiger partial charge on any atom is -0.380 e. The first-order valence-corrected chi connectivity index (χ1v) is 7.86. The molecule has 0 bridgehead atoms. The van der Waals surface area contributed by atoms with Gasteiger partial charge in [0.1, 0.15) is 0 Å². The van der Waals surface area contributed by atoms with Crippen LogP contribution in [0.3, 0.4) is 0 Å². The van der Waals surface area contributed by atoms with Crippen LogP contribution in [0.15, 0.2) is 18.5 Å². The Bertz CT molecular complexity index is 483. The molecule has 1 aromatic rings. The quantitative estimate of drug-likeness (QED) is 0.898. The zero-order valence-corrected chi connectivity index (χ0v) is 13.7. The third kappa shape index (κ3) is 4.10. The summed E-state index contributed by atoms with van der Waals surface area (Å²) in [5, 5.41) is 2.95. The third-order valence-electron chi connectivity index (χ3n) is 4.17. The summed E-state index contributed by atoms with van der Waals surface area (Å²) in [5.74, 6) is 0. The number of aryl methyl sites for hydroxylation is 1. The van der Waals surface area contributed by atoms with E-state index >= 15 is 0 Å². The number of rotatable bonds is 5. The number of hydrogen-bond donors (Lipinski definition) is 1. The average Bonchev–Trinajstić information content (AvgIpc) is 2.56. The van der Waals surface area contributed by atoms with E-state index in [9.17, 15) is 4.79 Å². The molecule has 1 N–H and O–H groups in total. The first-order chi connectivity index (χ1) is 10.7. The van der Waals surface area contributed by atoms with E-state index in [4.69, 9.17) is 4.74 Å². The van der Waals surface area contributed by atoms with Crippen LogP contribution in [0.1, 0.15) is 18.9 Å². The molecule has 0 saturated carbocycles. The lowest BCUT2D eigenvalue weighted by Gasteiger charge is -2.36. The number of anilines is 1. The highest BCUT2D eigenvalue weighted by molar-refractivity contribution is 5.74. The van der Waals surface area contributed by atoms with Crippen molar-refractivity contribution in [2.24, 2.45) is 0 Å². The molecule has 0 aromatic carbocycles. The summed E-state index contributed by atoms with van der Waals surface area (Å²) in [6.45, 7) is 7.84. The van der Waals surface area contributed by atoms with Crippen LogP contribution < -0.4 is 10.2 Å². The van der Waals surface area contributed by atoms with Crippen LogP contribution >= 0.6 is 0 Å². The largest absolute Gasteiger partial charge is 0.380 e. The van der Waals surface area contributed by atoms with Crippen LogP contribution in [0, 0.1) is 6.92 Å². The predicted octanol–water partition coefficient (Wildman–Crippen LogP) is 1.65. The molecule has 2 rings (SSSR count). The van der Waals surface area contributed by atoms with E-state index in [1.807, 2.05) is 23.4 Å². The first-order valence-electron chi connectivity index (χ1n) is 7.86. The van der Waals surface area contributed by atoms with E-state index < -0.39 is 0 Å². The second kappa shape index (κ2) is 7.98. The molecule has 122 valence electrons. The molecule has 1 fully saturated rings. The van der Waals surface area contributed by atoms with Crippen LogP contribution in [-0.2, 0) is 4.74 Å². The highest BCUT2D eigenvalue weighted by Gasteiger charge is 2.22. The number of piperazine rings is 1. The fraction of sp³-hybridized carbons (Fsp3) is 0.625. The average molecular weight is 306 g/mol. The molecule has 1 aliphatic rings. The second-order valence-electron chi connectivity index (χ2n) is 5.59. The smallest absolute Gasteiger partial charge is 0.317 e. The van der Waals surface area contributed by atoms with Gasteiger partial charge in [0, 0.05) is 57.9 Å². The number of nitrogens with one attached hydrogen (secondary N) is 1. The summed E-state index contributed by atoms with van der Waals surface area (Å²) in [4.78, 5) is 20.5. The normalized spacial score (nSPS) is 16.5. The van der Waals surface area contributed by atoms with Crippen LogP contribution in [-0.4, -0.2) is 61.9 Å². The molecule has 1 saturated heterocycles. The molecule has 0 unspecified atom stereocenters. The molecular weight excluding hydrogens is 280 g/mol. The maximum absolute atomic E-state index is 12.2. The van der Waals surface area contributed by atoms with Gasteiger partial charge in [0.2, 0.25) is 0 Å². The Morgan fingerprint density at radius 1 is 1.41 bits per heavy atom. The van der Waals surface area contributed by atoms with Crippen molar-refractivity contribution in [2.75, 3.05) is 44.7 Å². The van der Waals surface area contributed by atoms with E-state index in [2.05, 4.69) is 29.0 Å². The first kappa shape index (κ1) is 16.5. The van der Waals surface area contributed by atoms with Gasteiger partial charge in [-0.25, -0.2) is 4.79 Å². The number of nitrogens with zero attached hydrogens (tertiary/aromatic N) is 3. The fourth-order valence-corrected chi connectivity index (χ4v) is 2.68. The van der Waals surface area contributed by atoms with Crippen LogP contribution in [0.4, 0.5) is 10.5 Å². The zero-order chi connectivity index (χ0) is 15.9. The standard InChI is InChI=1S/C16H26N4O2/c1-4-14(22-3)12-18-16(21)20-9-7-19(8-10-20)15-5-6-17-11-13(15)2/h5-6,11,14H,4,7-10,12H2,1-3H3,(H,18,21)/t14-/m0/s1. The molecule has 6 nitrogen and oxygen atoms in total. The Morgan fingerprint density at radius 3 is 2.73 bits per heavy atom. The van der Waals surface area contributed by atoms with Crippen molar-refractivity contribution in [1.82, 2.24) is 15.2 Å². The lowest BCUT2D eigenvalue weighted by molar-refractivity contribution is 0.0977. The fourth-order valence-electron chi connectivity index (χ4n) is 2.68. The second-order valence-corrected chi connectivity index (χ2v) is 5.59. The predicted molar refractivity (Wildman–Crippen MR) is 87.2 cm³/mol. The van der Waals surface area contributed by atoms with E-state index in [1.165, 1.54) is 11.3 Å². The molecule has 0 aliphatic carbocycles. The lowest BCUT2D eigenvalue weighted by atomic mass is 10.2. The summed E-state index contributed by atoms with van der Waals surface area (Å²) < 4.78 is 5.28.